The van der Waals surface area contributed by atoms with Crippen LogP contribution in [0.15, 0.2) is 78.9 Å². The average Bonchev–Trinajstić information content (AvgIpc) is 2.64. The predicted molar refractivity (Wildman–Crippen MR) is 110 cm³/mol. The normalized spacial score (nSPS) is 12.0. The van der Waals surface area contributed by atoms with Crippen LogP contribution in [0.3, 0.4) is 0 Å². The third-order valence-electron chi connectivity index (χ3n) is 4.38. The largest absolute Gasteiger partial charge is 0.506 e. The number of benzene rings is 3. The van der Waals surface area contributed by atoms with Gasteiger partial charge in [-0.25, -0.2) is 0 Å². The van der Waals surface area contributed by atoms with Gasteiger partial charge in [0.2, 0.25) is 7.29 Å². The lowest BCUT2D eigenvalue weighted by atomic mass is 9.87. The quantitative estimate of drug-likeness (QED) is 0.504. The van der Waals surface area contributed by atoms with E-state index in [4.69, 9.17) is 0 Å². The summed E-state index contributed by atoms with van der Waals surface area (Å²) in [6.45, 7) is 6.32. The molecular formula is C22H24NO2P. The summed E-state index contributed by atoms with van der Waals surface area (Å²) in [7, 11) is -3.16. The molecule has 0 bridgehead atoms. The molecule has 0 heterocycles. The molecule has 26 heavy (non-hydrogen) atoms. The molecule has 0 aliphatic rings. The van der Waals surface area contributed by atoms with Gasteiger partial charge >= 0.3 is 0 Å². The van der Waals surface area contributed by atoms with Gasteiger partial charge in [0.15, 0.2) is 0 Å². The second-order valence-corrected chi connectivity index (χ2v) is 9.85. The zero-order valence-electron chi connectivity index (χ0n) is 15.3. The van der Waals surface area contributed by atoms with Crippen molar-refractivity contribution in [2.24, 2.45) is 0 Å². The lowest BCUT2D eigenvalue weighted by molar-refractivity contribution is 0.476. The first-order chi connectivity index (χ1) is 12.3. The summed E-state index contributed by atoms with van der Waals surface area (Å²) < 4.78 is 14.1. The monoisotopic (exact) mass is 365 g/mol. The van der Waals surface area contributed by atoms with Crippen LogP contribution in [0.5, 0.6) is 5.75 Å². The second-order valence-electron chi connectivity index (χ2n) is 7.37. The fourth-order valence-corrected chi connectivity index (χ4v) is 5.07. The molecule has 0 aliphatic heterocycles. The molecule has 0 unspecified atom stereocenters. The summed E-state index contributed by atoms with van der Waals surface area (Å²) in [5.41, 5.74) is 1.46. The zero-order valence-corrected chi connectivity index (χ0v) is 16.2. The molecule has 0 aromatic heterocycles. The molecule has 3 aromatic carbocycles. The van der Waals surface area contributed by atoms with Crippen LogP contribution >= 0.6 is 7.29 Å². The topological polar surface area (TPSA) is 49.3 Å². The van der Waals surface area contributed by atoms with Crippen LogP contribution < -0.4 is 15.7 Å². The third kappa shape index (κ3) is 3.68. The minimum atomic E-state index is -3.16. The summed E-state index contributed by atoms with van der Waals surface area (Å²) in [5.74, 6) is 0.0880. The molecule has 0 saturated heterocycles. The Morgan fingerprint density at radius 3 is 1.77 bits per heavy atom. The minimum Gasteiger partial charge on any atom is -0.506 e. The maximum Gasteiger partial charge on any atom is 0.227 e. The smallest absolute Gasteiger partial charge is 0.227 e. The molecule has 3 nitrogen and oxygen atoms in total. The number of nitrogens with one attached hydrogen (secondary N) is 1. The van der Waals surface area contributed by atoms with Crippen molar-refractivity contribution in [3.63, 3.8) is 0 Å². The Kier molecular flexibility index (Phi) is 4.93. The van der Waals surface area contributed by atoms with E-state index in [1.807, 2.05) is 72.8 Å². The third-order valence-corrected chi connectivity index (χ3v) is 6.99. The molecule has 3 rings (SSSR count). The summed E-state index contributed by atoms with van der Waals surface area (Å²) >= 11 is 0. The van der Waals surface area contributed by atoms with Crippen molar-refractivity contribution in [1.82, 2.24) is 0 Å². The molecule has 0 atom stereocenters. The minimum absolute atomic E-state index is 0.0758. The molecule has 0 saturated carbocycles. The summed E-state index contributed by atoms with van der Waals surface area (Å²) in [6.07, 6.45) is 0. The summed E-state index contributed by atoms with van der Waals surface area (Å²) in [4.78, 5) is 0. The first-order valence-electron chi connectivity index (χ1n) is 8.64. The average molecular weight is 365 g/mol. The summed E-state index contributed by atoms with van der Waals surface area (Å²) in [6, 6.07) is 24.1. The molecule has 0 fully saturated rings. The van der Waals surface area contributed by atoms with E-state index in [0.29, 0.717) is 16.3 Å². The predicted octanol–water partition coefficient (Wildman–Crippen LogP) is 5.03. The Morgan fingerprint density at radius 1 is 0.808 bits per heavy atom. The highest BCUT2D eigenvalue weighted by Crippen LogP contribution is 2.46. The molecular weight excluding hydrogens is 341 g/mol. The van der Waals surface area contributed by atoms with E-state index in [2.05, 4.69) is 25.9 Å². The first kappa shape index (κ1) is 18.3. The van der Waals surface area contributed by atoms with Crippen LogP contribution in [0, 0.1) is 0 Å². The molecule has 0 radical (unpaired) electrons. The maximum absolute atomic E-state index is 14.1. The van der Waals surface area contributed by atoms with Crippen LogP contribution in [0.2, 0.25) is 0 Å². The Labute approximate surface area is 155 Å². The van der Waals surface area contributed by atoms with Gasteiger partial charge in [-0.15, -0.1) is 0 Å². The highest BCUT2D eigenvalue weighted by molar-refractivity contribution is 7.80. The number of phenols is 1. The fourth-order valence-electron chi connectivity index (χ4n) is 2.82. The molecule has 134 valence electrons. The van der Waals surface area contributed by atoms with Gasteiger partial charge < -0.3 is 10.2 Å². The maximum atomic E-state index is 14.1. The van der Waals surface area contributed by atoms with Crippen LogP contribution in [0.1, 0.15) is 26.3 Å². The lowest BCUT2D eigenvalue weighted by Gasteiger charge is -2.25. The second kappa shape index (κ2) is 7.01. The Balaban J connectivity index is 2.13. The number of hydrogen-bond acceptors (Lipinski definition) is 2. The molecule has 2 N–H and O–H groups in total. The van der Waals surface area contributed by atoms with Crippen LogP contribution in [0.25, 0.3) is 0 Å². The Hall–Kier alpha value is -2.51. The molecule has 0 aliphatic carbocycles. The Morgan fingerprint density at radius 2 is 1.31 bits per heavy atom. The van der Waals surface area contributed by atoms with E-state index in [1.165, 1.54) is 0 Å². The van der Waals surface area contributed by atoms with E-state index in [1.54, 1.807) is 6.07 Å². The molecule has 0 amide bonds. The van der Waals surface area contributed by atoms with Gasteiger partial charge in [0.1, 0.15) is 5.75 Å². The van der Waals surface area contributed by atoms with Gasteiger partial charge in [-0.1, -0.05) is 63.2 Å². The van der Waals surface area contributed by atoms with Crippen molar-refractivity contribution in [2.75, 3.05) is 5.09 Å². The standard InChI is InChI=1S/C22H24NO2P/c1-22(2,3)17-14-15-21(24)20(16-17)23-26(25,18-10-6-4-7-11-18)19-12-8-5-9-13-19/h4-16,24H,1-3H3,(H,23,25). The van der Waals surface area contributed by atoms with E-state index >= 15 is 0 Å². The number of aromatic hydroxyl groups is 1. The Bertz CT molecular complexity index is 888. The summed E-state index contributed by atoms with van der Waals surface area (Å²) in [5, 5.41) is 14.9. The lowest BCUT2D eigenvalue weighted by Crippen LogP contribution is -2.22. The van der Waals surface area contributed by atoms with E-state index in [9.17, 15) is 9.67 Å². The van der Waals surface area contributed by atoms with Gasteiger partial charge in [-0.2, -0.15) is 0 Å². The van der Waals surface area contributed by atoms with E-state index < -0.39 is 7.29 Å². The molecule has 4 heteroatoms. The number of anilines is 1. The van der Waals surface area contributed by atoms with Crippen LogP contribution in [0.4, 0.5) is 5.69 Å². The fraction of sp³-hybridized carbons (Fsp3) is 0.182. The van der Waals surface area contributed by atoms with Gasteiger partial charge in [-0.05, 0) is 47.4 Å². The van der Waals surface area contributed by atoms with Crippen molar-refractivity contribution < 1.29 is 9.67 Å². The molecule has 0 spiro atoms. The zero-order chi connectivity index (χ0) is 18.8. The highest BCUT2D eigenvalue weighted by Gasteiger charge is 2.28. The van der Waals surface area contributed by atoms with Gasteiger partial charge in [0.05, 0.1) is 5.69 Å². The van der Waals surface area contributed by atoms with E-state index in [0.717, 1.165) is 5.56 Å². The van der Waals surface area contributed by atoms with Crippen molar-refractivity contribution >= 4 is 23.6 Å². The van der Waals surface area contributed by atoms with Gasteiger partial charge in [-0.3, -0.25) is 4.57 Å². The number of rotatable bonds is 4. The SMILES string of the molecule is CC(C)(C)c1ccc(O)c(NP(=O)(c2ccccc2)c2ccccc2)c1. The van der Waals surface area contributed by atoms with Crippen molar-refractivity contribution in [1.29, 1.82) is 0 Å². The number of hydrogen-bond donors (Lipinski definition) is 2. The van der Waals surface area contributed by atoms with Crippen molar-refractivity contribution in [2.45, 2.75) is 26.2 Å². The van der Waals surface area contributed by atoms with E-state index in [-0.39, 0.29) is 11.2 Å². The van der Waals surface area contributed by atoms with Crippen LogP contribution in [-0.2, 0) is 9.98 Å². The highest BCUT2D eigenvalue weighted by atomic mass is 31.2. The van der Waals surface area contributed by atoms with Crippen molar-refractivity contribution in [3.8, 4) is 5.75 Å². The first-order valence-corrected chi connectivity index (χ1v) is 10.3. The molecule has 3 aromatic rings. The van der Waals surface area contributed by atoms with Gasteiger partial charge in [0, 0.05) is 10.6 Å². The van der Waals surface area contributed by atoms with Crippen molar-refractivity contribution in [3.05, 3.63) is 84.4 Å². The van der Waals surface area contributed by atoms with Crippen LogP contribution in [-0.4, -0.2) is 5.11 Å². The number of phenolic OH excluding ortho intramolecular Hbond substituents is 1. The van der Waals surface area contributed by atoms with Gasteiger partial charge in [0.25, 0.3) is 0 Å².